The molecule has 1 aromatic rings. The van der Waals surface area contributed by atoms with E-state index in [1.165, 1.54) is 12.8 Å². The number of hydrogen-bond acceptors (Lipinski definition) is 3. The molecule has 2 atom stereocenters. The molecule has 0 aliphatic heterocycles. The maximum atomic E-state index is 6.41. The summed E-state index contributed by atoms with van der Waals surface area (Å²) >= 11 is 6.41. The quantitative estimate of drug-likeness (QED) is 0.909. The van der Waals surface area contributed by atoms with Crippen molar-refractivity contribution in [2.45, 2.75) is 45.6 Å². The van der Waals surface area contributed by atoms with Crippen LogP contribution in [0, 0.1) is 11.3 Å². The third-order valence-electron chi connectivity index (χ3n) is 4.53. The first kappa shape index (κ1) is 15.8. The predicted octanol–water partition coefficient (Wildman–Crippen LogP) is 3.05. The van der Waals surface area contributed by atoms with E-state index < -0.39 is 0 Å². The highest BCUT2D eigenvalue weighted by Gasteiger charge is 2.37. The van der Waals surface area contributed by atoms with Gasteiger partial charge in [-0.2, -0.15) is 5.10 Å². The minimum Gasteiger partial charge on any atom is -0.383 e. The first-order chi connectivity index (χ1) is 9.48. The summed E-state index contributed by atoms with van der Waals surface area (Å²) in [7, 11) is 1.71. The van der Waals surface area contributed by atoms with Crippen LogP contribution in [-0.4, -0.2) is 30.0 Å². The molecule has 1 heterocycles. The summed E-state index contributed by atoms with van der Waals surface area (Å²) in [5, 5.41) is 5.17. The van der Waals surface area contributed by atoms with Gasteiger partial charge in [0.05, 0.1) is 30.1 Å². The van der Waals surface area contributed by atoms with Crippen molar-refractivity contribution < 1.29 is 4.74 Å². The molecular formula is C15H26ClN3O. The van der Waals surface area contributed by atoms with Gasteiger partial charge in [0.25, 0.3) is 0 Å². The lowest BCUT2D eigenvalue weighted by Gasteiger charge is -2.40. The van der Waals surface area contributed by atoms with Crippen molar-refractivity contribution >= 4 is 11.6 Å². The maximum absolute atomic E-state index is 6.41. The Morgan fingerprint density at radius 1 is 1.55 bits per heavy atom. The molecule has 1 aliphatic carbocycles. The molecule has 0 amide bonds. The van der Waals surface area contributed by atoms with Crippen molar-refractivity contribution in [3.05, 3.63) is 16.9 Å². The smallest absolute Gasteiger partial charge is 0.0820 e. The first-order valence-corrected chi connectivity index (χ1v) is 7.76. The highest BCUT2D eigenvalue weighted by Crippen LogP contribution is 2.47. The molecular weight excluding hydrogens is 274 g/mol. The summed E-state index contributed by atoms with van der Waals surface area (Å²) in [4.78, 5) is 0. The zero-order valence-corrected chi connectivity index (χ0v) is 13.5. The van der Waals surface area contributed by atoms with Crippen molar-refractivity contribution in [2.75, 3.05) is 20.3 Å². The Labute approximate surface area is 126 Å². The van der Waals surface area contributed by atoms with Gasteiger partial charge in [-0.25, -0.2) is 0 Å². The summed E-state index contributed by atoms with van der Waals surface area (Å²) in [6.45, 7) is 6.76. The van der Waals surface area contributed by atoms with E-state index in [-0.39, 0.29) is 0 Å². The fraction of sp³-hybridized carbons (Fsp3) is 0.800. The fourth-order valence-electron chi connectivity index (χ4n) is 3.34. The van der Waals surface area contributed by atoms with E-state index in [9.17, 15) is 0 Å². The van der Waals surface area contributed by atoms with E-state index in [1.54, 1.807) is 13.3 Å². The summed E-state index contributed by atoms with van der Waals surface area (Å²) in [5.41, 5.74) is 7.48. The van der Waals surface area contributed by atoms with Crippen LogP contribution in [0.2, 0.25) is 5.02 Å². The lowest BCUT2D eigenvalue weighted by molar-refractivity contribution is 0.153. The van der Waals surface area contributed by atoms with Crippen LogP contribution in [0.25, 0.3) is 0 Å². The molecule has 2 rings (SSSR count). The van der Waals surface area contributed by atoms with Crippen LogP contribution < -0.4 is 5.73 Å². The molecule has 1 aliphatic rings. The number of hydrogen-bond donors (Lipinski definition) is 1. The van der Waals surface area contributed by atoms with Crippen LogP contribution in [-0.2, 0) is 11.3 Å². The molecule has 1 fully saturated rings. The van der Waals surface area contributed by atoms with Crippen LogP contribution in [0.15, 0.2) is 6.20 Å². The number of rotatable bonds is 5. The molecule has 4 nitrogen and oxygen atoms in total. The van der Waals surface area contributed by atoms with Crippen LogP contribution in [0.3, 0.4) is 0 Å². The van der Waals surface area contributed by atoms with Crippen molar-refractivity contribution in [1.29, 1.82) is 0 Å². The van der Waals surface area contributed by atoms with Gasteiger partial charge >= 0.3 is 0 Å². The van der Waals surface area contributed by atoms with Crippen molar-refractivity contribution in [3.8, 4) is 0 Å². The Bertz CT molecular complexity index is 444. The van der Waals surface area contributed by atoms with Crippen molar-refractivity contribution in [1.82, 2.24) is 9.78 Å². The SMILES string of the molecule is COCCn1ncc(Cl)c1C1CC(C)(C)CCC1CN. The molecule has 2 unspecified atom stereocenters. The average molecular weight is 300 g/mol. The standard InChI is InChI=1S/C15H26ClN3O/c1-15(2)5-4-11(9-17)12(8-15)14-13(16)10-18-19(14)6-7-20-3/h10-12H,4-9,17H2,1-3H3. The lowest BCUT2D eigenvalue weighted by Crippen LogP contribution is -2.34. The van der Waals surface area contributed by atoms with Gasteiger partial charge in [0.1, 0.15) is 0 Å². The van der Waals surface area contributed by atoms with Crippen molar-refractivity contribution in [2.24, 2.45) is 17.1 Å². The molecule has 1 saturated carbocycles. The van der Waals surface area contributed by atoms with E-state index >= 15 is 0 Å². The third kappa shape index (κ3) is 3.35. The molecule has 5 heteroatoms. The van der Waals surface area contributed by atoms with Crippen LogP contribution >= 0.6 is 11.6 Å². The third-order valence-corrected chi connectivity index (χ3v) is 4.82. The topological polar surface area (TPSA) is 53.1 Å². The Morgan fingerprint density at radius 3 is 2.95 bits per heavy atom. The molecule has 2 N–H and O–H groups in total. The summed E-state index contributed by atoms with van der Waals surface area (Å²) in [5.74, 6) is 0.897. The number of nitrogens with two attached hydrogens (primary N) is 1. The van der Waals surface area contributed by atoms with Gasteiger partial charge in [0.15, 0.2) is 0 Å². The summed E-state index contributed by atoms with van der Waals surface area (Å²) in [6, 6.07) is 0. The average Bonchev–Trinajstić information content (AvgIpc) is 2.76. The Kier molecular flexibility index (Phi) is 5.10. The van der Waals surface area contributed by atoms with Gasteiger partial charge in [-0.3, -0.25) is 4.68 Å². The fourth-order valence-corrected chi connectivity index (χ4v) is 3.62. The highest BCUT2D eigenvalue weighted by molar-refractivity contribution is 6.31. The molecule has 114 valence electrons. The second-order valence-corrected chi connectivity index (χ2v) is 7.01. The molecule has 0 saturated heterocycles. The highest BCUT2D eigenvalue weighted by atomic mass is 35.5. The number of methoxy groups -OCH3 is 1. The minimum atomic E-state index is 0.343. The van der Waals surface area contributed by atoms with Crippen LogP contribution in [0.1, 0.15) is 44.7 Å². The summed E-state index contributed by atoms with van der Waals surface area (Å²) < 4.78 is 7.16. The number of ether oxygens (including phenoxy) is 1. The number of nitrogens with zero attached hydrogens (tertiary/aromatic N) is 2. The van der Waals surface area contributed by atoms with Gasteiger partial charge in [-0.1, -0.05) is 25.4 Å². The molecule has 20 heavy (non-hydrogen) atoms. The Morgan fingerprint density at radius 2 is 2.30 bits per heavy atom. The van der Waals surface area contributed by atoms with E-state index in [4.69, 9.17) is 22.1 Å². The molecule has 0 radical (unpaired) electrons. The zero-order valence-electron chi connectivity index (χ0n) is 12.7. The van der Waals surface area contributed by atoms with Gasteiger partial charge in [-0.05, 0) is 37.1 Å². The van der Waals surface area contributed by atoms with E-state index in [0.717, 1.165) is 23.7 Å². The number of aromatic nitrogens is 2. The minimum absolute atomic E-state index is 0.343. The predicted molar refractivity (Wildman–Crippen MR) is 82.0 cm³/mol. The first-order valence-electron chi connectivity index (χ1n) is 7.38. The Hall–Kier alpha value is -0.580. The summed E-state index contributed by atoms with van der Waals surface area (Å²) in [6.07, 6.45) is 5.27. The van der Waals surface area contributed by atoms with Gasteiger partial charge in [0.2, 0.25) is 0 Å². The van der Waals surface area contributed by atoms with Gasteiger partial charge in [0, 0.05) is 13.0 Å². The largest absolute Gasteiger partial charge is 0.383 e. The second kappa shape index (κ2) is 6.46. The van der Waals surface area contributed by atoms with Gasteiger partial charge < -0.3 is 10.5 Å². The van der Waals surface area contributed by atoms with Gasteiger partial charge in [-0.15, -0.1) is 0 Å². The Balaban J connectivity index is 2.29. The van der Waals surface area contributed by atoms with E-state index in [0.29, 0.717) is 30.4 Å². The van der Waals surface area contributed by atoms with Crippen LogP contribution in [0.4, 0.5) is 0 Å². The molecule has 0 bridgehead atoms. The van der Waals surface area contributed by atoms with Crippen molar-refractivity contribution in [3.63, 3.8) is 0 Å². The zero-order chi connectivity index (χ0) is 14.8. The molecule has 0 aromatic carbocycles. The monoisotopic (exact) mass is 299 g/mol. The van der Waals surface area contributed by atoms with E-state index in [1.807, 2.05) is 4.68 Å². The molecule has 1 aromatic heterocycles. The number of halogens is 1. The van der Waals surface area contributed by atoms with E-state index in [2.05, 4.69) is 18.9 Å². The lowest BCUT2D eigenvalue weighted by atomic mass is 9.66. The normalized spacial score (nSPS) is 25.9. The molecule has 0 spiro atoms. The second-order valence-electron chi connectivity index (χ2n) is 6.60. The van der Waals surface area contributed by atoms with Crippen LogP contribution in [0.5, 0.6) is 0 Å². The maximum Gasteiger partial charge on any atom is 0.0820 e.